The quantitative estimate of drug-likeness (QED) is 0.613. The summed E-state index contributed by atoms with van der Waals surface area (Å²) in [6.07, 6.45) is 3.78. The van der Waals surface area contributed by atoms with Gasteiger partial charge < -0.3 is 4.74 Å². The molecule has 0 spiro atoms. The number of halogens is 3. The van der Waals surface area contributed by atoms with Crippen molar-refractivity contribution in [3.63, 3.8) is 0 Å². The minimum atomic E-state index is -0.395. The van der Waals surface area contributed by atoms with Crippen molar-refractivity contribution in [1.29, 1.82) is 0 Å². The molecule has 0 atom stereocenters. The maximum absolute atomic E-state index is 13.6. The van der Waals surface area contributed by atoms with Gasteiger partial charge in [0.15, 0.2) is 0 Å². The number of hydrogen-bond acceptors (Lipinski definition) is 2. The lowest BCUT2D eigenvalue weighted by molar-refractivity contribution is 0.298. The van der Waals surface area contributed by atoms with E-state index in [2.05, 4.69) is 16.8 Å². The van der Waals surface area contributed by atoms with Crippen LogP contribution >= 0.6 is 23.2 Å². The first-order valence-corrected chi connectivity index (χ1v) is 7.17. The van der Waals surface area contributed by atoms with E-state index in [0.29, 0.717) is 28.6 Å². The maximum atomic E-state index is 13.6. The molecule has 2 aromatic rings. The van der Waals surface area contributed by atoms with Gasteiger partial charge in [0.1, 0.15) is 18.2 Å². The number of rotatable bonds is 4. The molecule has 0 aliphatic heterocycles. The van der Waals surface area contributed by atoms with Crippen molar-refractivity contribution in [2.75, 3.05) is 5.88 Å². The van der Waals surface area contributed by atoms with Gasteiger partial charge in [-0.15, -0.1) is 11.6 Å². The van der Waals surface area contributed by atoms with Crippen LogP contribution in [0.25, 0.3) is 0 Å². The van der Waals surface area contributed by atoms with Crippen LogP contribution in [-0.4, -0.2) is 10.9 Å². The summed E-state index contributed by atoms with van der Waals surface area (Å²) in [6, 6.07) is 6.26. The third-order valence-electron chi connectivity index (χ3n) is 2.61. The van der Waals surface area contributed by atoms with E-state index in [-0.39, 0.29) is 6.61 Å². The van der Waals surface area contributed by atoms with Gasteiger partial charge in [0, 0.05) is 29.6 Å². The van der Waals surface area contributed by atoms with E-state index in [1.165, 1.54) is 6.07 Å². The first kappa shape index (κ1) is 15.6. The van der Waals surface area contributed by atoms with Crippen molar-refractivity contribution in [2.24, 2.45) is 0 Å². The third-order valence-corrected chi connectivity index (χ3v) is 3.15. The SMILES string of the molecule is Fc1cccc(Cl)c1COc1cncc(C#CCCCl)c1. The van der Waals surface area contributed by atoms with E-state index in [4.69, 9.17) is 27.9 Å². The van der Waals surface area contributed by atoms with Crippen LogP contribution in [0.5, 0.6) is 5.75 Å². The average molecular weight is 324 g/mol. The van der Waals surface area contributed by atoms with Crippen LogP contribution in [0.1, 0.15) is 17.5 Å². The number of nitrogens with zero attached hydrogens (tertiary/aromatic N) is 1. The van der Waals surface area contributed by atoms with Crippen LogP contribution in [0.2, 0.25) is 5.02 Å². The fraction of sp³-hybridized carbons (Fsp3) is 0.188. The summed E-state index contributed by atoms with van der Waals surface area (Å²) in [5, 5.41) is 0.334. The van der Waals surface area contributed by atoms with Gasteiger partial charge >= 0.3 is 0 Å². The Morgan fingerprint density at radius 1 is 1.29 bits per heavy atom. The summed E-state index contributed by atoms with van der Waals surface area (Å²) in [7, 11) is 0. The molecule has 0 radical (unpaired) electrons. The molecular weight excluding hydrogens is 312 g/mol. The lowest BCUT2D eigenvalue weighted by Gasteiger charge is -2.08. The Morgan fingerprint density at radius 2 is 2.14 bits per heavy atom. The van der Waals surface area contributed by atoms with Crippen molar-refractivity contribution < 1.29 is 9.13 Å². The van der Waals surface area contributed by atoms with Gasteiger partial charge in [0.05, 0.1) is 11.2 Å². The topological polar surface area (TPSA) is 22.1 Å². The molecule has 0 bridgehead atoms. The summed E-state index contributed by atoms with van der Waals surface area (Å²) < 4.78 is 19.1. The largest absolute Gasteiger partial charge is 0.487 e. The molecule has 1 heterocycles. The normalized spacial score (nSPS) is 9.86. The molecule has 0 saturated carbocycles. The minimum absolute atomic E-state index is 0.0335. The van der Waals surface area contributed by atoms with Crippen LogP contribution < -0.4 is 4.74 Å². The molecule has 1 aromatic carbocycles. The molecule has 21 heavy (non-hydrogen) atoms. The van der Waals surface area contributed by atoms with E-state index in [9.17, 15) is 4.39 Å². The molecule has 1 aromatic heterocycles. The van der Waals surface area contributed by atoms with Gasteiger partial charge in [-0.2, -0.15) is 0 Å². The van der Waals surface area contributed by atoms with Crippen LogP contribution in [0.3, 0.4) is 0 Å². The van der Waals surface area contributed by atoms with Crippen LogP contribution in [0, 0.1) is 17.7 Å². The second kappa shape index (κ2) is 7.87. The monoisotopic (exact) mass is 323 g/mol. The van der Waals surface area contributed by atoms with Crippen LogP contribution in [0.15, 0.2) is 36.7 Å². The summed E-state index contributed by atoms with van der Waals surface area (Å²) >= 11 is 11.5. The zero-order valence-electron chi connectivity index (χ0n) is 11.1. The highest BCUT2D eigenvalue weighted by molar-refractivity contribution is 6.31. The Kier molecular flexibility index (Phi) is 5.86. The standard InChI is InChI=1S/C16H12Cl2FNO/c17-7-2-1-4-12-8-13(10-20-9-12)21-11-14-15(18)5-3-6-16(14)19/h3,5-6,8-10H,2,7,11H2. The van der Waals surface area contributed by atoms with E-state index < -0.39 is 5.82 Å². The van der Waals surface area contributed by atoms with Crippen molar-refractivity contribution in [3.8, 4) is 17.6 Å². The van der Waals surface area contributed by atoms with E-state index >= 15 is 0 Å². The predicted octanol–water partition coefficient (Wildman–Crippen LogP) is 4.43. The van der Waals surface area contributed by atoms with Gasteiger partial charge in [-0.05, 0) is 18.2 Å². The Morgan fingerprint density at radius 3 is 2.90 bits per heavy atom. The van der Waals surface area contributed by atoms with E-state index in [0.717, 1.165) is 5.56 Å². The fourth-order valence-corrected chi connectivity index (χ4v) is 1.92. The van der Waals surface area contributed by atoms with E-state index in [1.807, 2.05) is 0 Å². The Bertz CT molecular complexity index is 659. The number of pyridine rings is 1. The van der Waals surface area contributed by atoms with E-state index in [1.54, 1.807) is 30.6 Å². The summed E-state index contributed by atoms with van der Waals surface area (Å²) in [5.41, 5.74) is 1.04. The number of benzene rings is 1. The smallest absolute Gasteiger partial charge is 0.139 e. The average Bonchev–Trinajstić information content (AvgIpc) is 2.47. The minimum Gasteiger partial charge on any atom is -0.487 e. The second-order valence-corrected chi connectivity index (χ2v) is 4.92. The van der Waals surface area contributed by atoms with Gasteiger partial charge in [-0.1, -0.05) is 29.5 Å². The molecule has 0 aliphatic carbocycles. The number of hydrogen-bond donors (Lipinski definition) is 0. The zero-order valence-corrected chi connectivity index (χ0v) is 12.6. The predicted molar refractivity (Wildman–Crippen MR) is 82.2 cm³/mol. The molecule has 0 amide bonds. The second-order valence-electron chi connectivity index (χ2n) is 4.14. The van der Waals surface area contributed by atoms with Crippen molar-refractivity contribution in [2.45, 2.75) is 13.0 Å². The molecule has 0 saturated heterocycles. The molecule has 0 unspecified atom stereocenters. The number of alkyl halides is 1. The zero-order chi connectivity index (χ0) is 15.1. The fourth-order valence-electron chi connectivity index (χ4n) is 1.60. The van der Waals surface area contributed by atoms with Crippen LogP contribution in [-0.2, 0) is 6.61 Å². The highest BCUT2D eigenvalue weighted by Gasteiger charge is 2.07. The summed E-state index contributed by atoms with van der Waals surface area (Å²) in [5.74, 6) is 6.44. The lowest BCUT2D eigenvalue weighted by Crippen LogP contribution is -2.00. The number of aromatic nitrogens is 1. The summed E-state index contributed by atoms with van der Waals surface area (Å²) in [6.45, 7) is 0.0335. The Hall–Kier alpha value is -1.76. The Labute approximate surface area is 132 Å². The molecule has 2 rings (SSSR count). The maximum Gasteiger partial charge on any atom is 0.139 e. The van der Waals surface area contributed by atoms with Gasteiger partial charge in [0.25, 0.3) is 0 Å². The van der Waals surface area contributed by atoms with Crippen molar-refractivity contribution >= 4 is 23.2 Å². The highest BCUT2D eigenvalue weighted by atomic mass is 35.5. The van der Waals surface area contributed by atoms with Crippen molar-refractivity contribution in [1.82, 2.24) is 4.98 Å². The van der Waals surface area contributed by atoms with Gasteiger partial charge in [-0.3, -0.25) is 4.98 Å². The molecule has 0 aliphatic rings. The molecule has 2 nitrogen and oxygen atoms in total. The number of ether oxygens (including phenoxy) is 1. The van der Waals surface area contributed by atoms with Gasteiger partial charge in [0.2, 0.25) is 0 Å². The molecular formula is C16H12Cl2FNO. The third kappa shape index (κ3) is 4.63. The molecule has 0 fully saturated rings. The molecule has 0 N–H and O–H groups in total. The lowest BCUT2D eigenvalue weighted by atomic mass is 10.2. The van der Waals surface area contributed by atoms with Crippen molar-refractivity contribution in [3.05, 3.63) is 58.6 Å². The molecule has 5 heteroatoms. The first-order chi connectivity index (χ1) is 10.2. The van der Waals surface area contributed by atoms with Crippen LogP contribution in [0.4, 0.5) is 4.39 Å². The molecule has 108 valence electrons. The first-order valence-electron chi connectivity index (χ1n) is 6.26. The Balaban J connectivity index is 2.07. The van der Waals surface area contributed by atoms with Gasteiger partial charge in [-0.25, -0.2) is 4.39 Å². The summed E-state index contributed by atoms with van der Waals surface area (Å²) in [4.78, 5) is 4.03. The highest BCUT2D eigenvalue weighted by Crippen LogP contribution is 2.21.